The van der Waals surface area contributed by atoms with Crippen LogP contribution >= 0.6 is 11.8 Å². The smallest absolute Gasteiger partial charge is 0.159 e. The van der Waals surface area contributed by atoms with Crippen molar-refractivity contribution in [1.29, 1.82) is 0 Å². The molecule has 2 rings (SSSR count). The van der Waals surface area contributed by atoms with Gasteiger partial charge in [-0.05, 0) is 37.8 Å². The Bertz CT molecular complexity index is 342. The molecule has 0 saturated heterocycles. The van der Waals surface area contributed by atoms with E-state index in [-0.39, 0.29) is 5.78 Å². The SMILES string of the molecule is CC(=O)c1cccc(SCC2CC2)c1. The van der Waals surface area contributed by atoms with Crippen molar-refractivity contribution in [3.63, 3.8) is 0 Å². The molecule has 14 heavy (non-hydrogen) atoms. The van der Waals surface area contributed by atoms with Crippen LogP contribution in [0.2, 0.25) is 0 Å². The van der Waals surface area contributed by atoms with Crippen LogP contribution in [0.25, 0.3) is 0 Å². The number of hydrogen-bond donors (Lipinski definition) is 0. The molecule has 2 heteroatoms. The third kappa shape index (κ3) is 2.61. The van der Waals surface area contributed by atoms with Crippen LogP contribution in [0.3, 0.4) is 0 Å². The minimum absolute atomic E-state index is 0.152. The number of rotatable bonds is 4. The molecule has 0 radical (unpaired) electrons. The summed E-state index contributed by atoms with van der Waals surface area (Å²) >= 11 is 1.87. The fourth-order valence-corrected chi connectivity index (χ4v) is 2.45. The van der Waals surface area contributed by atoms with Crippen molar-refractivity contribution < 1.29 is 4.79 Å². The standard InChI is InChI=1S/C12H14OS/c1-9(13)11-3-2-4-12(7-11)14-8-10-5-6-10/h2-4,7,10H,5-6,8H2,1H3. The number of ketones is 1. The van der Waals surface area contributed by atoms with Crippen molar-refractivity contribution in [1.82, 2.24) is 0 Å². The van der Waals surface area contributed by atoms with Crippen LogP contribution < -0.4 is 0 Å². The van der Waals surface area contributed by atoms with Gasteiger partial charge in [-0.1, -0.05) is 12.1 Å². The first-order valence-electron chi connectivity index (χ1n) is 4.99. The topological polar surface area (TPSA) is 17.1 Å². The molecule has 1 aromatic carbocycles. The highest BCUT2D eigenvalue weighted by Crippen LogP contribution is 2.35. The molecule has 1 nitrogen and oxygen atoms in total. The van der Waals surface area contributed by atoms with Gasteiger partial charge in [0.25, 0.3) is 0 Å². The fourth-order valence-electron chi connectivity index (χ4n) is 1.30. The van der Waals surface area contributed by atoms with Gasteiger partial charge >= 0.3 is 0 Å². The molecule has 0 N–H and O–H groups in total. The molecule has 1 fully saturated rings. The molecular formula is C12H14OS. The molecule has 0 spiro atoms. The highest BCUT2D eigenvalue weighted by molar-refractivity contribution is 7.99. The summed E-state index contributed by atoms with van der Waals surface area (Å²) in [5, 5.41) is 0. The van der Waals surface area contributed by atoms with Crippen LogP contribution in [0.1, 0.15) is 30.1 Å². The number of Topliss-reactive ketones (excluding diaryl/α,β-unsaturated/α-hetero) is 1. The fraction of sp³-hybridized carbons (Fsp3) is 0.417. The average Bonchev–Trinajstić information content (AvgIpc) is 2.99. The molecule has 0 atom stereocenters. The lowest BCUT2D eigenvalue weighted by Gasteiger charge is -2.01. The molecule has 74 valence electrons. The lowest BCUT2D eigenvalue weighted by atomic mass is 10.2. The van der Waals surface area contributed by atoms with Gasteiger partial charge in [-0.25, -0.2) is 0 Å². The number of carbonyl (C=O) groups excluding carboxylic acids is 1. The molecular weight excluding hydrogens is 192 g/mol. The minimum atomic E-state index is 0.152. The van der Waals surface area contributed by atoms with Crippen LogP contribution in [-0.4, -0.2) is 11.5 Å². The van der Waals surface area contributed by atoms with E-state index in [0.717, 1.165) is 11.5 Å². The van der Waals surface area contributed by atoms with E-state index in [1.165, 1.54) is 23.5 Å². The predicted molar refractivity (Wildman–Crippen MR) is 59.9 cm³/mol. The molecule has 1 aromatic rings. The van der Waals surface area contributed by atoms with E-state index >= 15 is 0 Å². The van der Waals surface area contributed by atoms with Crippen LogP contribution in [0, 0.1) is 5.92 Å². The largest absolute Gasteiger partial charge is 0.295 e. The van der Waals surface area contributed by atoms with Crippen LogP contribution in [-0.2, 0) is 0 Å². The maximum Gasteiger partial charge on any atom is 0.159 e. The van der Waals surface area contributed by atoms with E-state index in [1.54, 1.807) is 6.92 Å². The van der Waals surface area contributed by atoms with Crippen molar-refractivity contribution in [3.05, 3.63) is 29.8 Å². The van der Waals surface area contributed by atoms with Gasteiger partial charge in [0.2, 0.25) is 0 Å². The molecule has 0 unspecified atom stereocenters. The van der Waals surface area contributed by atoms with E-state index in [0.29, 0.717) is 0 Å². The summed E-state index contributed by atoms with van der Waals surface area (Å²) < 4.78 is 0. The Morgan fingerprint density at radius 3 is 2.93 bits per heavy atom. The second-order valence-corrected chi connectivity index (χ2v) is 4.93. The van der Waals surface area contributed by atoms with Gasteiger partial charge in [-0.2, -0.15) is 0 Å². The Labute approximate surface area is 88.9 Å². The second kappa shape index (κ2) is 4.18. The summed E-state index contributed by atoms with van der Waals surface area (Å²) in [6.07, 6.45) is 2.78. The molecule has 0 amide bonds. The summed E-state index contributed by atoms with van der Waals surface area (Å²) in [7, 11) is 0. The first-order chi connectivity index (χ1) is 6.75. The lowest BCUT2D eigenvalue weighted by molar-refractivity contribution is 0.101. The van der Waals surface area contributed by atoms with Crippen LogP contribution in [0.15, 0.2) is 29.2 Å². The number of hydrogen-bond acceptors (Lipinski definition) is 2. The zero-order valence-corrected chi connectivity index (χ0v) is 9.14. The number of carbonyl (C=O) groups is 1. The number of benzene rings is 1. The molecule has 1 aliphatic carbocycles. The van der Waals surface area contributed by atoms with Gasteiger partial charge in [-0.3, -0.25) is 4.79 Å². The predicted octanol–water partition coefficient (Wildman–Crippen LogP) is 3.39. The highest BCUT2D eigenvalue weighted by atomic mass is 32.2. The van der Waals surface area contributed by atoms with Crippen molar-refractivity contribution in [2.24, 2.45) is 5.92 Å². The quantitative estimate of drug-likeness (QED) is 0.555. The van der Waals surface area contributed by atoms with Gasteiger partial charge in [0.05, 0.1) is 0 Å². The first kappa shape index (κ1) is 9.78. The zero-order valence-electron chi connectivity index (χ0n) is 8.32. The third-order valence-electron chi connectivity index (χ3n) is 2.42. The van der Waals surface area contributed by atoms with Crippen LogP contribution in [0.5, 0.6) is 0 Å². The van der Waals surface area contributed by atoms with E-state index < -0.39 is 0 Å². The Balaban J connectivity index is 2.01. The Morgan fingerprint density at radius 2 is 2.29 bits per heavy atom. The second-order valence-electron chi connectivity index (χ2n) is 3.84. The van der Waals surface area contributed by atoms with E-state index in [4.69, 9.17) is 0 Å². The van der Waals surface area contributed by atoms with E-state index in [2.05, 4.69) is 6.07 Å². The van der Waals surface area contributed by atoms with Crippen molar-refractivity contribution in [2.45, 2.75) is 24.7 Å². The third-order valence-corrected chi connectivity index (χ3v) is 3.65. The summed E-state index contributed by atoms with van der Waals surface area (Å²) in [5.41, 5.74) is 0.825. The van der Waals surface area contributed by atoms with Crippen molar-refractivity contribution in [2.75, 3.05) is 5.75 Å². The van der Waals surface area contributed by atoms with Gasteiger partial charge in [0.15, 0.2) is 5.78 Å². The molecule has 1 aliphatic rings. The molecule has 1 saturated carbocycles. The molecule has 0 heterocycles. The number of thioether (sulfide) groups is 1. The molecule has 0 aliphatic heterocycles. The van der Waals surface area contributed by atoms with Gasteiger partial charge < -0.3 is 0 Å². The lowest BCUT2D eigenvalue weighted by Crippen LogP contribution is -1.91. The van der Waals surface area contributed by atoms with Crippen molar-refractivity contribution in [3.8, 4) is 0 Å². The average molecular weight is 206 g/mol. The van der Waals surface area contributed by atoms with E-state index in [9.17, 15) is 4.79 Å². The summed E-state index contributed by atoms with van der Waals surface area (Å²) in [6.45, 7) is 1.62. The van der Waals surface area contributed by atoms with Crippen molar-refractivity contribution >= 4 is 17.5 Å². The Morgan fingerprint density at radius 1 is 1.50 bits per heavy atom. The van der Waals surface area contributed by atoms with Crippen LogP contribution in [0.4, 0.5) is 0 Å². The van der Waals surface area contributed by atoms with Gasteiger partial charge in [0, 0.05) is 16.2 Å². The monoisotopic (exact) mass is 206 g/mol. The van der Waals surface area contributed by atoms with Gasteiger partial charge in [-0.15, -0.1) is 11.8 Å². The molecule has 0 bridgehead atoms. The Kier molecular flexibility index (Phi) is 2.92. The summed E-state index contributed by atoms with van der Waals surface area (Å²) in [6, 6.07) is 7.92. The summed E-state index contributed by atoms with van der Waals surface area (Å²) in [5.74, 6) is 2.29. The minimum Gasteiger partial charge on any atom is -0.295 e. The highest BCUT2D eigenvalue weighted by Gasteiger charge is 2.20. The summed E-state index contributed by atoms with van der Waals surface area (Å²) in [4.78, 5) is 12.4. The first-order valence-corrected chi connectivity index (χ1v) is 5.98. The zero-order chi connectivity index (χ0) is 9.97. The maximum atomic E-state index is 11.1. The normalized spacial score (nSPS) is 15.5. The Hall–Kier alpha value is -0.760. The van der Waals surface area contributed by atoms with Gasteiger partial charge in [0.1, 0.15) is 0 Å². The van der Waals surface area contributed by atoms with E-state index in [1.807, 2.05) is 30.0 Å². The molecule has 0 aromatic heterocycles. The maximum absolute atomic E-state index is 11.1.